The highest BCUT2D eigenvalue weighted by Crippen LogP contribution is 2.16. The molecule has 2 rings (SSSR count). The van der Waals surface area contributed by atoms with Crippen LogP contribution in [-0.2, 0) is 0 Å². The van der Waals surface area contributed by atoms with Crippen molar-refractivity contribution in [2.45, 2.75) is 25.9 Å². The number of piperidine rings is 1. The first-order valence-electron chi connectivity index (χ1n) is 6.20. The Morgan fingerprint density at radius 3 is 2.94 bits per heavy atom. The Labute approximate surface area is 102 Å². The minimum Gasteiger partial charge on any atom is -0.474 e. The number of nitrogens with zero attached hydrogens (tertiary/aromatic N) is 3. The molecule has 94 valence electrons. The Morgan fingerprint density at radius 2 is 2.24 bits per heavy atom. The molecule has 1 aliphatic rings. The number of likely N-dealkylation sites (tertiary alicyclic amines) is 1. The van der Waals surface area contributed by atoms with Gasteiger partial charge in [-0.25, -0.2) is 4.98 Å². The summed E-state index contributed by atoms with van der Waals surface area (Å²) in [4.78, 5) is 10.8. The standard InChI is InChI=1S/C12H20N4O/c1-3-13-12-14-7-4-11(15-12)17-10-5-8-16(2)9-6-10/h4,7,10H,3,5-6,8-9H2,1-2H3,(H,13,14,15). The summed E-state index contributed by atoms with van der Waals surface area (Å²) in [7, 11) is 2.14. The molecule has 0 spiro atoms. The average Bonchev–Trinajstić information content (AvgIpc) is 2.33. The molecule has 5 nitrogen and oxygen atoms in total. The van der Waals surface area contributed by atoms with Crippen molar-refractivity contribution in [3.8, 4) is 5.88 Å². The summed E-state index contributed by atoms with van der Waals surface area (Å²) in [5, 5.41) is 3.08. The molecule has 5 heteroatoms. The maximum atomic E-state index is 5.87. The van der Waals surface area contributed by atoms with Crippen molar-refractivity contribution in [2.75, 3.05) is 32.0 Å². The van der Waals surface area contributed by atoms with E-state index in [9.17, 15) is 0 Å². The Balaban J connectivity index is 1.91. The van der Waals surface area contributed by atoms with Crippen LogP contribution in [0.15, 0.2) is 12.3 Å². The van der Waals surface area contributed by atoms with Crippen LogP contribution in [0.3, 0.4) is 0 Å². The second-order valence-electron chi connectivity index (χ2n) is 4.37. The predicted octanol–water partition coefficient (Wildman–Crippen LogP) is 1.38. The predicted molar refractivity (Wildman–Crippen MR) is 67.3 cm³/mol. The van der Waals surface area contributed by atoms with Gasteiger partial charge in [0.05, 0.1) is 0 Å². The van der Waals surface area contributed by atoms with Gasteiger partial charge >= 0.3 is 0 Å². The Bertz CT molecular complexity index is 350. The van der Waals surface area contributed by atoms with Crippen molar-refractivity contribution >= 4 is 5.95 Å². The molecule has 0 aromatic carbocycles. The monoisotopic (exact) mass is 236 g/mol. The molecule has 1 aromatic rings. The molecule has 0 bridgehead atoms. The molecule has 0 atom stereocenters. The lowest BCUT2D eigenvalue weighted by Crippen LogP contribution is -2.35. The Kier molecular flexibility index (Phi) is 4.14. The van der Waals surface area contributed by atoms with Gasteiger partial charge in [0.15, 0.2) is 0 Å². The molecule has 1 saturated heterocycles. The fourth-order valence-corrected chi connectivity index (χ4v) is 1.92. The van der Waals surface area contributed by atoms with Crippen molar-refractivity contribution in [1.29, 1.82) is 0 Å². The summed E-state index contributed by atoms with van der Waals surface area (Å²) in [6, 6.07) is 1.82. The molecule has 1 aromatic heterocycles. The van der Waals surface area contributed by atoms with Crippen molar-refractivity contribution < 1.29 is 4.74 Å². The van der Waals surface area contributed by atoms with Crippen LogP contribution >= 0.6 is 0 Å². The van der Waals surface area contributed by atoms with Crippen LogP contribution in [0.4, 0.5) is 5.95 Å². The fraction of sp³-hybridized carbons (Fsp3) is 0.667. The van der Waals surface area contributed by atoms with Crippen molar-refractivity contribution in [3.63, 3.8) is 0 Å². The van der Waals surface area contributed by atoms with Gasteiger partial charge in [-0.15, -0.1) is 0 Å². The number of rotatable bonds is 4. The van der Waals surface area contributed by atoms with Crippen LogP contribution in [0.25, 0.3) is 0 Å². The number of nitrogens with one attached hydrogen (secondary N) is 1. The lowest BCUT2D eigenvalue weighted by Gasteiger charge is -2.28. The van der Waals surface area contributed by atoms with Crippen molar-refractivity contribution in [2.24, 2.45) is 0 Å². The summed E-state index contributed by atoms with van der Waals surface area (Å²) in [6.45, 7) is 5.02. The van der Waals surface area contributed by atoms with E-state index in [4.69, 9.17) is 4.74 Å². The summed E-state index contributed by atoms with van der Waals surface area (Å²) in [5.74, 6) is 1.31. The van der Waals surface area contributed by atoms with Gasteiger partial charge in [-0.1, -0.05) is 0 Å². The zero-order valence-corrected chi connectivity index (χ0v) is 10.5. The third-order valence-corrected chi connectivity index (χ3v) is 2.92. The number of ether oxygens (including phenoxy) is 1. The van der Waals surface area contributed by atoms with E-state index in [2.05, 4.69) is 27.2 Å². The minimum atomic E-state index is 0.288. The van der Waals surface area contributed by atoms with Gasteiger partial charge in [-0.2, -0.15) is 4.98 Å². The zero-order chi connectivity index (χ0) is 12.1. The van der Waals surface area contributed by atoms with Gasteiger partial charge in [0.1, 0.15) is 6.10 Å². The third-order valence-electron chi connectivity index (χ3n) is 2.92. The van der Waals surface area contributed by atoms with Gasteiger partial charge in [0, 0.05) is 31.9 Å². The first kappa shape index (κ1) is 12.1. The van der Waals surface area contributed by atoms with Gasteiger partial charge in [0.2, 0.25) is 11.8 Å². The highest BCUT2D eigenvalue weighted by atomic mass is 16.5. The van der Waals surface area contributed by atoms with Crippen LogP contribution in [0.1, 0.15) is 19.8 Å². The van der Waals surface area contributed by atoms with Crippen LogP contribution in [0.5, 0.6) is 5.88 Å². The second-order valence-corrected chi connectivity index (χ2v) is 4.37. The summed E-state index contributed by atoms with van der Waals surface area (Å²) in [5.41, 5.74) is 0. The van der Waals surface area contributed by atoms with E-state index in [0.717, 1.165) is 32.5 Å². The minimum absolute atomic E-state index is 0.288. The summed E-state index contributed by atoms with van der Waals surface area (Å²) >= 11 is 0. The number of hydrogen-bond acceptors (Lipinski definition) is 5. The highest BCUT2D eigenvalue weighted by Gasteiger charge is 2.18. The Morgan fingerprint density at radius 1 is 1.47 bits per heavy atom. The topological polar surface area (TPSA) is 50.3 Å². The summed E-state index contributed by atoms with van der Waals surface area (Å²) in [6.07, 6.45) is 4.15. The molecule has 0 saturated carbocycles. The molecule has 0 unspecified atom stereocenters. The molecule has 1 aliphatic heterocycles. The third kappa shape index (κ3) is 3.56. The van der Waals surface area contributed by atoms with E-state index in [1.54, 1.807) is 6.20 Å². The number of anilines is 1. The van der Waals surface area contributed by atoms with Crippen LogP contribution in [0.2, 0.25) is 0 Å². The molecule has 0 aliphatic carbocycles. The normalized spacial score (nSPS) is 18.0. The van der Waals surface area contributed by atoms with E-state index in [0.29, 0.717) is 11.8 Å². The molecule has 1 fully saturated rings. The van der Waals surface area contributed by atoms with Crippen LogP contribution in [-0.4, -0.2) is 47.7 Å². The quantitative estimate of drug-likeness (QED) is 0.856. The van der Waals surface area contributed by atoms with Gasteiger partial charge in [0.25, 0.3) is 0 Å². The van der Waals surface area contributed by atoms with E-state index in [1.807, 2.05) is 13.0 Å². The lowest BCUT2D eigenvalue weighted by molar-refractivity contribution is 0.110. The summed E-state index contributed by atoms with van der Waals surface area (Å²) < 4.78 is 5.87. The van der Waals surface area contributed by atoms with E-state index < -0.39 is 0 Å². The van der Waals surface area contributed by atoms with Crippen molar-refractivity contribution in [1.82, 2.24) is 14.9 Å². The molecule has 0 amide bonds. The lowest BCUT2D eigenvalue weighted by atomic mass is 10.1. The zero-order valence-electron chi connectivity index (χ0n) is 10.5. The maximum Gasteiger partial charge on any atom is 0.225 e. The van der Waals surface area contributed by atoms with E-state index >= 15 is 0 Å². The molecular formula is C12H20N4O. The van der Waals surface area contributed by atoms with Gasteiger partial charge in [-0.3, -0.25) is 0 Å². The number of hydrogen-bond donors (Lipinski definition) is 1. The van der Waals surface area contributed by atoms with Gasteiger partial charge < -0.3 is 15.0 Å². The highest BCUT2D eigenvalue weighted by molar-refractivity contribution is 5.27. The number of aromatic nitrogens is 2. The van der Waals surface area contributed by atoms with Gasteiger partial charge in [-0.05, 0) is 26.8 Å². The second kappa shape index (κ2) is 5.82. The molecule has 1 N–H and O–H groups in total. The largest absolute Gasteiger partial charge is 0.474 e. The molecule has 17 heavy (non-hydrogen) atoms. The first-order valence-corrected chi connectivity index (χ1v) is 6.20. The van der Waals surface area contributed by atoms with E-state index in [1.165, 1.54) is 0 Å². The fourth-order valence-electron chi connectivity index (χ4n) is 1.92. The molecular weight excluding hydrogens is 216 g/mol. The molecule has 0 radical (unpaired) electrons. The average molecular weight is 236 g/mol. The smallest absolute Gasteiger partial charge is 0.225 e. The molecule has 2 heterocycles. The first-order chi connectivity index (χ1) is 8.28. The maximum absolute atomic E-state index is 5.87. The van der Waals surface area contributed by atoms with Crippen LogP contribution < -0.4 is 10.1 Å². The van der Waals surface area contributed by atoms with Crippen LogP contribution in [0, 0.1) is 0 Å². The SMILES string of the molecule is CCNc1nccc(OC2CCN(C)CC2)n1. The van der Waals surface area contributed by atoms with Crippen molar-refractivity contribution in [3.05, 3.63) is 12.3 Å². The van der Waals surface area contributed by atoms with E-state index in [-0.39, 0.29) is 6.10 Å². The Hall–Kier alpha value is -1.36.